The van der Waals surface area contributed by atoms with Gasteiger partial charge in [-0.25, -0.2) is 22.0 Å². The second kappa shape index (κ2) is 6.32. The van der Waals surface area contributed by atoms with Crippen LogP contribution in [0.4, 0.5) is 22.0 Å². The van der Waals surface area contributed by atoms with E-state index >= 15 is 0 Å². The Balaban J connectivity index is 3.24. The van der Waals surface area contributed by atoms with Crippen LogP contribution in [0.15, 0.2) is 0 Å². The molecule has 0 saturated carbocycles. The molecule has 0 aromatic heterocycles. The van der Waals surface area contributed by atoms with Crippen molar-refractivity contribution in [2.75, 3.05) is 7.05 Å². The SMILES string of the molecule is CNC(CCC(C)C)c1c(F)c(F)c(F)c(F)c1F. The van der Waals surface area contributed by atoms with Gasteiger partial charge in [-0.3, -0.25) is 0 Å². The smallest absolute Gasteiger partial charge is 0.200 e. The maximum absolute atomic E-state index is 13.6. The summed E-state index contributed by atoms with van der Waals surface area (Å²) in [6.07, 6.45) is 0.886. The summed E-state index contributed by atoms with van der Waals surface area (Å²) < 4.78 is 66.4. The number of rotatable bonds is 5. The van der Waals surface area contributed by atoms with Gasteiger partial charge in [0.25, 0.3) is 0 Å². The third-order valence-corrected chi connectivity index (χ3v) is 2.97. The standard InChI is InChI=1S/C13H16F5N/c1-6(2)4-5-7(19-3)8-9(14)11(16)13(18)12(17)10(8)15/h6-7,19H,4-5H2,1-3H3. The molecule has 0 saturated heterocycles. The molecule has 0 fully saturated rings. The summed E-state index contributed by atoms with van der Waals surface area (Å²) in [5, 5.41) is 2.59. The van der Waals surface area contributed by atoms with E-state index in [1.54, 1.807) is 0 Å². The molecule has 0 aliphatic heterocycles. The monoisotopic (exact) mass is 281 g/mol. The zero-order valence-corrected chi connectivity index (χ0v) is 11.0. The van der Waals surface area contributed by atoms with Crippen molar-refractivity contribution in [3.63, 3.8) is 0 Å². The van der Waals surface area contributed by atoms with E-state index in [9.17, 15) is 22.0 Å². The van der Waals surface area contributed by atoms with E-state index in [0.29, 0.717) is 6.42 Å². The predicted octanol–water partition coefficient (Wildman–Crippen LogP) is 4.08. The third kappa shape index (κ3) is 3.23. The number of benzene rings is 1. The highest BCUT2D eigenvalue weighted by Gasteiger charge is 2.29. The first-order valence-electron chi connectivity index (χ1n) is 5.99. The van der Waals surface area contributed by atoms with E-state index in [0.717, 1.165) is 0 Å². The Hall–Kier alpha value is -1.17. The Labute approximate surface area is 108 Å². The van der Waals surface area contributed by atoms with Crippen molar-refractivity contribution in [2.24, 2.45) is 5.92 Å². The van der Waals surface area contributed by atoms with E-state index in [-0.39, 0.29) is 12.3 Å². The van der Waals surface area contributed by atoms with Crippen LogP contribution in [0.1, 0.15) is 38.3 Å². The summed E-state index contributed by atoms with van der Waals surface area (Å²) >= 11 is 0. The number of hydrogen-bond donors (Lipinski definition) is 1. The van der Waals surface area contributed by atoms with Gasteiger partial charge in [0.05, 0.1) is 0 Å². The molecule has 0 bridgehead atoms. The Bertz CT molecular complexity index is 430. The van der Waals surface area contributed by atoms with Crippen LogP contribution >= 0.6 is 0 Å². The van der Waals surface area contributed by atoms with Crippen LogP contribution in [0.25, 0.3) is 0 Å². The molecule has 0 radical (unpaired) electrons. The van der Waals surface area contributed by atoms with Gasteiger partial charge >= 0.3 is 0 Å². The van der Waals surface area contributed by atoms with Crippen LogP contribution < -0.4 is 5.32 Å². The molecule has 1 rings (SSSR count). The van der Waals surface area contributed by atoms with Crippen molar-refractivity contribution < 1.29 is 22.0 Å². The second-order valence-corrected chi connectivity index (χ2v) is 4.80. The Kier molecular flexibility index (Phi) is 5.29. The lowest BCUT2D eigenvalue weighted by Gasteiger charge is -2.19. The molecule has 0 amide bonds. The average Bonchev–Trinajstić information content (AvgIpc) is 2.37. The zero-order valence-electron chi connectivity index (χ0n) is 11.0. The van der Waals surface area contributed by atoms with Crippen LogP contribution in [0, 0.1) is 35.0 Å². The lowest BCUT2D eigenvalue weighted by molar-refractivity contribution is 0.350. The Morgan fingerprint density at radius 1 is 0.789 bits per heavy atom. The van der Waals surface area contributed by atoms with Crippen molar-refractivity contribution in [3.8, 4) is 0 Å². The molecule has 0 aliphatic rings. The molecular weight excluding hydrogens is 265 g/mol. The summed E-state index contributed by atoms with van der Waals surface area (Å²) in [7, 11) is 1.42. The lowest BCUT2D eigenvalue weighted by Crippen LogP contribution is -2.22. The van der Waals surface area contributed by atoms with Crippen molar-refractivity contribution >= 4 is 0 Å². The van der Waals surface area contributed by atoms with Crippen LogP contribution in [-0.2, 0) is 0 Å². The normalized spacial score (nSPS) is 13.1. The van der Waals surface area contributed by atoms with E-state index < -0.39 is 40.7 Å². The number of nitrogens with one attached hydrogen (secondary N) is 1. The quantitative estimate of drug-likeness (QED) is 0.487. The molecule has 1 N–H and O–H groups in total. The first-order chi connectivity index (χ1) is 8.81. The predicted molar refractivity (Wildman–Crippen MR) is 62.1 cm³/mol. The second-order valence-electron chi connectivity index (χ2n) is 4.80. The van der Waals surface area contributed by atoms with Gasteiger partial charge in [0, 0.05) is 11.6 Å². The van der Waals surface area contributed by atoms with Gasteiger partial charge in [0.2, 0.25) is 5.82 Å². The molecular formula is C13H16F5N. The minimum Gasteiger partial charge on any atom is -0.313 e. The van der Waals surface area contributed by atoms with E-state index in [1.807, 2.05) is 13.8 Å². The molecule has 1 nitrogen and oxygen atoms in total. The van der Waals surface area contributed by atoms with Crippen molar-refractivity contribution in [2.45, 2.75) is 32.7 Å². The number of hydrogen-bond acceptors (Lipinski definition) is 1. The zero-order chi connectivity index (χ0) is 14.7. The maximum atomic E-state index is 13.6. The molecule has 0 aliphatic carbocycles. The van der Waals surface area contributed by atoms with Gasteiger partial charge in [-0.1, -0.05) is 13.8 Å². The molecule has 1 unspecified atom stereocenters. The van der Waals surface area contributed by atoms with Gasteiger partial charge in [0.1, 0.15) is 0 Å². The topological polar surface area (TPSA) is 12.0 Å². The molecule has 1 aromatic rings. The van der Waals surface area contributed by atoms with Crippen molar-refractivity contribution in [1.82, 2.24) is 5.32 Å². The van der Waals surface area contributed by atoms with Gasteiger partial charge in [-0.2, -0.15) is 0 Å². The first-order valence-corrected chi connectivity index (χ1v) is 5.99. The first kappa shape index (κ1) is 15.9. The highest BCUT2D eigenvalue weighted by Crippen LogP contribution is 2.30. The fourth-order valence-corrected chi connectivity index (χ4v) is 1.86. The summed E-state index contributed by atoms with van der Waals surface area (Å²) in [4.78, 5) is 0. The number of halogens is 5. The van der Waals surface area contributed by atoms with Crippen molar-refractivity contribution in [1.29, 1.82) is 0 Å². The van der Waals surface area contributed by atoms with E-state index in [1.165, 1.54) is 7.05 Å². The van der Waals surface area contributed by atoms with Gasteiger partial charge in [-0.05, 0) is 25.8 Å². The average molecular weight is 281 g/mol. The van der Waals surface area contributed by atoms with Gasteiger partial charge in [-0.15, -0.1) is 0 Å². The summed E-state index contributed by atoms with van der Waals surface area (Å²) in [5.74, 6) is -9.20. The largest absolute Gasteiger partial charge is 0.313 e. The molecule has 0 heterocycles. The Morgan fingerprint density at radius 2 is 1.21 bits per heavy atom. The van der Waals surface area contributed by atoms with Gasteiger partial charge in [0.15, 0.2) is 23.3 Å². The van der Waals surface area contributed by atoms with E-state index in [2.05, 4.69) is 5.32 Å². The minimum atomic E-state index is -2.13. The highest BCUT2D eigenvalue weighted by atomic mass is 19.2. The molecule has 1 atom stereocenters. The maximum Gasteiger partial charge on any atom is 0.200 e. The lowest BCUT2D eigenvalue weighted by atomic mass is 9.96. The summed E-state index contributed by atoms with van der Waals surface area (Å²) in [6, 6.07) is -0.910. The fraction of sp³-hybridized carbons (Fsp3) is 0.538. The van der Waals surface area contributed by atoms with E-state index in [4.69, 9.17) is 0 Å². The third-order valence-electron chi connectivity index (χ3n) is 2.97. The fourth-order valence-electron chi connectivity index (χ4n) is 1.86. The Morgan fingerprint density at radius 3 is 1.58 bits per heavy atom. The molecule has 108 valence electrons. The molecule has 19 heavy (non-hydrogen) atoms. The summed E-state index contributed by atoms with van der Waals surface area (Å²) in [6.45, 7) is 3.82. The van der Waals surface area contributed by atoms with Crippen LogP contribution in [0.5, 0.6) is 0 Å². The van der Waals surface area contributed by atoms with Crippen molar-refractivity contribution in [3.05, 3.63) is 34.6 Å². The molecule has 0 spiro atoms. The van der Waals surface area contributed by atoms with Crippen LogP contribution in [0.3, 0.4) is 0 Å². The molecule has 6 heteroatoms. The van der Waals surface area contributed by atoms with Crippen LogP contribution in [-0.4, -0.2) is 7.05 Å². The van der Waals surface area contributed by atoms with Crippen LogP contribution in [0.2, 0.25) is 0 Å². The summed E-state index contributed by atoms with van der Waals surface area (Å²) in [5.41, 5.74) is -0.792. The van der Waals surface area contributed by atoms with Gasteiger partial charge < -0.3 is 5.32 Å². The minimum absolute atomic E-state index is 0.261. The molecule has 1 aromatic carbocycles. The highest BCUT2D eigenvalue weighted by molar-refractivity contribution is 5.27.